The molecule has 20 heavy (non-hydrogen) atoms. The summed E-state index contributed by atoms with van der Waals surface area (Å²) in [4.78, 5) is 0. The summed E-state index contributed by atoms with van der Waals surface area (Å²) >= 11 is 0. The molecule has 0 fully saturated rings. The Hall–Kier alpha value is -1.06. The van der Waals surface area contributed by atoms with Crippen LogP contribution in [-0.2, 0) is 11.2 Å². The van der Waals surface area contributed by atoms with Crippen LogP contribution in [0.4, 0.5) is 0 Å². The van der Waals surface area contributed by atoms with Crippen LogP contribution in [0.5, 0.6) is 5.75 Å². The standard InChI is InChI=1S/C17H29NO2/c1-5-10-18-16(9-11-20-6-2)13-15-12-14(3)7-8-17(15)19-4/h7-8,12,16,18H,5-6,9-11,13H2,1-4H3. The highest BCUT2D eigenvalue weighted by atomic mass is 16.5. The fraction of sp³-hybridized carbons (Fsp3) is 0.647. The van der Waals surface area contributed by atoms with Crippen LogP contribution in [0.3, 0.4) is 0 Å². The Bertz CT molecular complexity index is 379. The third kappa shape index (κ3) is 5.93. The molecular formula is C17H29NO2. The van der Waals surface area contributed by atoms with Gasteiger partial charge >= 0.3 is 0 Å². The van der Waals surface area contributed by atoms with Gasteiger partial charge in [-0.05, 0) is 51.3 Å². The number of ether oxygens (including phenoxy) is 2. The van der Waals surface area contributed by atoms with Crippen molar-refractivity contribution in [3.63, 3.8) is 0 Å². The van der Waals surface area contributed by atoms with Crippen LogP contribution in [0.15, 0.2) is 18.2 Å². The van der Waals surface area contributed by atoms with Crippen molar-refractivity contribution in [3.8, 4) is 5.75 Å². The topological polar surface area (TPSA) is 30.5 Å². The Morgan fingerprint density at radius 2 is 2.05 bits per heavy atom. The van der Waals surface area contributed by atoms with Gasteiger partial charge in [-0.25, -0.2) is 0 Å². The highest BCUT2D eigenvalue weighted by Gasteiger charge is 2.12. The minimum Gasteiger partial charge on any atom is -0.496 e. The number of hydrogen-bond acceptors (Lipinski definition) is 3. The predicted molar refractivity (Wildman–Crippen MR) is 84.6 cm³/mol. The summed E-state index contributed by atoms with van der Waals surface area (Å²) in [6.45, 7) is 9.00. The summed E-state index contributed by atoms with van der Waals surface area (Å²) in [5.74, 6) is 0.982. The van der Waals surface area contributed by atoms with Crippen LogP contribution in [0.1, 0.15) is 37.8 Å². The molecule has 0 bridgehead atoms. The van der Waals surface area contributed by atoms with Crippen molar-refractivity contribution in [1.82, 2.24) is 5.32 Å². The summed E-state index contributed by atoms with van der Waals surface area (Å²) in [6.07, 6.45) is 3.17. The average Bonchev–Trinajstić information content (AvgIpc) is 2.45. The summed E-state index contributed by atoms with van der Waals surface area (Å²) in [6, 6.07) is 6.82. The fourth-order valence-electron chi connectivity index (χ4n) is 2.33. The van der Waals surface area contributed by atoms with Crippen molar-refractivity contribution in [2.75, 3.05) is 26.9 Å². The molecule has 1 aromatic carbocycles. The number of hydrogen-bond donors (Lipinski definition) is 1. The lowest BCUT2D eigenvalue weighted by molar-refractivity contribution is 0.136. The Morgan fingerprint density at radius 1 is 1.25 bits per heavy atom. The van der Waals surface area contributed by atoms with E-state index >= 15 is 0 Å². The van der Waals surface area contributed by atoms with Gasteiger partial charge in [0, 0.05) is 19.3 Å². The molecular weight excluding hydrogens is 250 g/mol. The molecule has 0 heterocycles. The van der Waals surface area contributed by atoms with E-state index in [1.54, 1.807) is 7.11 Å². The van der Waals surface area contributed by atoms with E-state index in [1.807, 2.05) is 6.92 Å². The van der Waals surface area contributed by atoms with Gasteiger partial charge in [-0.3, -0.25) is 0 Å². The lowest BCUT2D eigenvalue weighted by atomic mass is 10.0. The van der Waals surface area contributed by atoms with Crippen LogP contribution in [0.2, 0.25) is 0 Å². The van der Waals surface area contributed by atoms with Gasteiger partial charge in [0.25, 0.3) is 0 Å². The molecule has 3 heteroatoms. The highest BCUT2D eigenvalue weighted by Crippen LogP contribution is 2.21. The Morgan fingerprint density at radius 3 is 2.70 bits per heavy atom. The lowest BCUT2D eigenvalue weighted by Gasteiger charge is -2.20. The molecule has 0 aliphatic rings. The summed E-state index contributed by atoms with van der Waals surface area (Å²) < 4.78 is 11.0. The zero-order chi connectivity index (χ0) is 14.8. The molecule has 1 aromatic rings. The SMILES string of the molecule is CCCNC(CCOCC)Cc1cc(C)ccc1OC. The Balaban J connectivity index is 2.68. The zero-order valence-corrected chi connectivity index (χ0v) is 13.4. The van der Waals surface area contributed by atoms with Crippen molar-refractivity contribution >= 4 is 0 Å². The molecule has 114 valence electrons. The third-order valence-electron chi connectivity index (χ3n) is 3.40. The fourth-order valence-corrected chi connectivity index (χ4v) is 2.33. The first kappa shape index (κ1) is 17.0. The first-order chi connectivity index (χ1) is 9.71. The first-order valence-electron chi connectivity index (χ1n) is 7.65. The molecule has 0 saturated carbocycles. The van der Waals surface area contributed by atoms with Crippen molar-refractivity contribution in [2.45, 2.75) is 46.1 Å². The van der Waals surface area contributed by atoms with Crippen molar-refractivity contribution in [2.24, 2.45) is 0 Å². The number of benzene rings is 1. The van der Waals surface area contributed by atoms with Gasteiger partial charge in [0.2, 0.25) is 0 Å². The Kier molecular flexibility index (Phi) is 8.31. The molecule has 0 aromatic heterocycles. The van der Waals surface area contributed by atoms with Crippen LogP contribution in [0, 0.1) is 6.92 Å². The van der Waals surface area contributed by atoms with Gasteiger partial charge in [0.1, 0.15) is 5.75 Å². The van der Waals surface area contributed by atoms with Gasteiger partial charge in [-0.15, -0.1) is 0 Å². The van der Waals surface area contributed by atoms with Crippen LogP contribution in [-0.4, -0.2) is 32.9 Å². The zero-order valence-electron chi connectivity index (χ0n) is 13.4. The van der Waals surface area contributed by atoms with Crippen molar-refractivity contribution in [1.29, 1.82) is 0 Å². The maximum absolute atomic E-state index is 5.49. The molecule has 0 amide bonds. The van der Waals surface area contributed by atoms with Gasteiger partial charge in [-0.1, -0.05) is 24.6 Å². The number of nitrogens with one attached hydrogen (secondary N) is 1. The predicted octanol–water partition coefficient (Wildman–Crippen LogP) is 3.34. The molecule has 0 saturated heterocycles. The van der Waals surface area contributed by atoms with E-state index in [-0.39, 0.29) is 0 Å². The number of methoxy groups -OCH3 is 1. The second-order valence-corrected chi connectivity index (χ2v) is 5.16. The second-order valence-electron chi connectivity index (χ2n) is 5.16. The van der Waals surface area contributed by atoms with Gasteiger partial charge < -0.3 is 14.8 Å². The molecule has 1 atom stereocenters. The lowest BCUT2D eigenvalue weighted by Crippen LogP contribution is -2.33. The Labute approximate surface area is 123 Å². The van der Waals surface area contributed by atoms with E-state index in [4.69, 9.17) is 9.47 Å². The summed E-state index contributed by atoms with van der Waals surface area (Å²) in [5, 5.41) is 3.61. The average molecular weight is 279 g/mol. The minimum atomic E-state index is 0.442. The van der Waals surface area contributed by atoms with Gasteiger partial charge in [-0.2, -0.15) is 0 Å². The van der Waals surface area contributed by atoms with Crippen molar-refractivity contribution < 1.29 is 9.47 Å². The molecule has 0 aliphatic heterocycles. The van der Waals surface area contributed by atoms with Gasteiger partial charge in [0.05, 0.1) is 7.11 Å². The summed E-state index contributed by atoms with van der Waals surface area (Å²) in [5.41, 5.74) is 2.55. The first-order valence-corrected chi connectivity index (χ1v) is 7.65. The van der Waals surface area contributed by atoms with Crippen LogP contribution < -0.4 is 10.1 Å². The quantitative estimate of drug-likeness (QED) is 0.666. The molecule has 0 spiro atoms. The monoisotopic (exact) mass is 279 g/mol. The molecule has 1 rings (SSSR count). The molecule has 0 radical (unpaired) electrons. The summed E-state index contributed by atoms with van der Waals surface area (Å²) in [7, 11) is 1.74. The van der Waals surface area contributed by atoms with E-state index in [0.29, 0.717) is 6.04 Å². The minimum absolute atomic E-state index is 0.442. The highest BCUT2D eigenvalue weighted by molar-refractivity contribution is 5.37. The number of rotatable bonds is 10. The van der Waals surface area contributed by atoms with E-state index in [1.165, 1.54) is 11.1 Å². The van der Waals surface area contributed by atoms with Crippen LogP contribution in [0.25, 0.3) is 0 Å². The smallest absolute Gasteiger partial charge is 0.122 e. The molecule has 1 N–H and O–H groups in total. The second kappa shape index (κ2) is 9.78. The normalized spacial score (nSPS) is 12.4. The largest absolute Gasteiger partial charge is 0.496 e. The molecule has 1 unspecified atom stereocenters. The molecule has 0 aliphatic carbocycles. The van der Waals surface area contributed by atoms with Crippen LogP contribution >= 0.6 is 0 Å². The van der Waals surface area contributed by atoms with E-state index in [2.05, 4.69) is 37.4 Å². The number of aryl methyl sites for hydroxylation is 1. The third-order valence-corrected chi connectivity index (χ3v) is 3.40. The van der Waals surface area contributed by atoms with Crippen molar-refractivity contribution in [3.05, 3.63) is 29.3 Å². The maximum Gasteiger partial charge on any atom is 0.122 e. The maximum atomic E-state index is 5.49. The van der Waals surface area contributed by atoms with E-state index in [9.17, 15) is 0 Å². The van der Waals surface area contributed by atoms with Gasteiger partial charge in [0.15, 0.2) is 0 Å². The van der Waals surface area contributed by atoms with E-state index < -0.39 is 0 Å². The molecule has 3 nitrogen and oxygen atoms in total. The van der Waals surface area contributed by atoms with E-state index in [0.717, 1.165) is 44.8 Å².